The summed E-state index contributed by atoms with van der Waals surface area (Å²) < 4.78 is 0. The molecule has 0 saturated carbocycles. The van der Waals surface area contributed by atoms with Gasteiger partial charge in [-0.25, -0.2) is 4.79 Å². The second-order valence-corrected chi connectivity index (χ2v) is 11.3. The number of nitrogens with two attached hydrogens (primary N) is 2. The van der Waals surface area contributed by atoms with Gasteiger partial charge in [0.2, 0.25) is 5.91 Å². The van der Waals surface area contributed by atoms with Crippen LogP contribution in [0.1, 0.15) is 46.4 Å². The maximum Gasteiger partial charge on any atom is 0.315 e. The molecule has 2 aromatic carbocycles. The van der Waals surface area contributed by atoms with E-state index in [0.29, 0.717) is 47.3 Å². The van der Waals surface area contributed by atoms with Gasteiger partial charge < -0.3 is 37.6 Å². The van der Waals surface area contributed by atoms with Crippen molar-refractivity contribution in [2.24, 2.45) is 0 Å². The summed E-state index contributed by atoms with van der Waals surface area (Å²) in [5.74, 6) is 0.386. The van der Waals surface area contributed by atoms with Crippen LogP contribution in [0.5, 0.6) is 0 Å². The van der Waals surface area contributed by atoms with E-state index in [2.05, 4.69) is 21.3 Å². The Hall–Kier alpha value is -3.93. The molecule has 0 aromatic heterocycles. The fourth-order valence-corrected chi connectivity index (χ4v) is 6.41. The third kappa shape index (κ3) is 8.04. The molecule has 2 heterocycles. The largest absolute Gasteiger partial charge is 0.399 e. The van der Waals surface area contributed by atoms with Crippen molar-refractivity contribution < 1.29 is 19.2 Å². The number of hydrogen-bond donors (Lipinski definition) is 6. The van der Waals surface area contributed by atoms with Gasteiger partial charge in [-0.1, -0.05) is 6.42 Å². The molecule has 8 N–H and O–H groups in total. The highest BCUT2D eigenvalue weighted by Gasteiger charge is 2.42. The van der Waals surface area contributed by atoms with E-state index in [1.165, 1.54) is 0 Å². The van der Waals surface area contributed by atoms with Crippen molar-refractivity contribution in [3.63, 3.8) is 0 Å². The molecule has 2 aliphatic heterocycles. The fraction of sp³-hybridized carbons (Fsp3) is 0.429. The fourth-order valence-electron chi connectivity index (χ4n) is 4.87. The minimum Gasteiger partial charge on any atom is -0.399 e. The summed E-state index contributed by atoms with van der Waals surface area (Å²) in [5.41, 5.74) is 13.5. The molecule has 5 amide bonds. The lowest BCUT2D eigenvalue weighted by molar-refractivity contribution is -0.131. The summed E-state index contributed by atoms with van der Waals surface area (Å²) in [6.07, 6.45) is 2.89. The first-order valence-electron chi connectivity index (χ1n) is 13.5. The minimum absolute atomic E-state index is 0.0312. The van der Waals surface area contributed by atoms with Gasteiger partial charge in [-0.05, 0) is 61.4 Å². The number of thioether (sulfide) groups is 1. The summed E-state index contributed by atoms with van der Waals surface area (Å²) >= 11 is 1.86. The lowest BCUT2D eigenvalue weighted by atomic mass is 10.0. The predicted octanol–water partition coefficient (Wildman–Crippen LogP) is 1.57. The average Bonchev–Trinajstić information content (AvgIpc) is 3.49. The van der Waals surface area contributed by atoms with Crippen LogP contribution in [0.25, 0.3) is 0 Å². The molecule has 0 spiro atoms. The Morgan fingerprint density at radius 3 is 1.95 bits per heavy atom. The van der Waals surface area contributed by atoms with Crippen LogP contribution < -0.4 is 32.7 Å². The molecule has 0 aliphatic carbocycles. The third-order valence-electron chi connectivity index (χ3n) is 7.10. The molecule has 0 unspecified atom stereocenters. The lowest BCUT2D eigenvalue weighted by Gasteiger charge is -2.23. The highest BCUT2D eigenvalue weighted by atomic mass is 32.2. The smallest absolute Gasteiger partial charge is 0.315 e. The molecule has 4 rings (SSSR count). The molecule has 12 heteroatoms. The van der Waals surface area contributed by atoms with Gasteiger partial charge in [0.15, 0.2) is 0 Å². The molecular formula is C28H37N7O4S. The van der Waals surface area contributed by atoms with E-state index in [9.17, 15) is 19.2 Å². The standard InChI is InChI=1S/C28H37N7O4S/c29-20-9-5-18(6-10-20)26(37)31-13-15-35(16-14-32-27(38)19-7-11-21(30)12-8-19)24(36)4-2-1-3-23-25-22(17-40-23)33-28(39)34-25/h5-12,22-23,25H,1-4,13-17,29-30H2,(H,31,37)(H,32,38)(H2,33,34,39)/t22-,23-,25-/m0/s1. The van der Waals surface area contributed by atoms with Gasteiger partial charge in [0.1, 0.15) is 0 Å². The number of anilines is 2. The number of nitrogens with one attached hydrogen (secondary N) is 4. The van der Waals surface area contributed by atoms with Crippen molar-refractivity contribution in [3.05, 3.63) is 59.7 Å². The number of fused-ring (bicyclic) bond motifs is 1. The molecule has 2 saturated heterocycles. The Kier molecular flexibility index (Phi) is 10.1. The van der Waals surface area contributed by atoms with Crippen LogP contribution in [0.4, 0.5) is 16.2 Å². The maximum atomic E-state index is 13.1. The molecule has 2 aromatic rings. The zero-order valence-electron chi connectivity index (χ0n) is 22.4. The second-order valence-electron chi connectivity index (χ2n) is 10.0. The van der Waals surface area contributed by atoms with Gasteiger partial charge in [0.25, 0.3) is 11.8 Å². The molecule has 3 atom stereocenters. The number of hydrogen-bond acceptors (Lipinski definition) is 7. The van der Waals surface area contributed by atoms with Crippen molar-refractivity contribution in [3.8, 4) is 0 Å². The first-order chi connectivity index (χ1) is 19.3. The van der Waals surface area contributed by atoms with Crippen LogP contribution in [0.15, 0.2) is 48.5 Å². The van der Waals surface area contributed by atoms with E-state index >= 15 is 0 Å². The molecule has 0 bridgehead atoms. The highest BCUT2D eigenvalue weighted by molar-refractivity contribution is 8.00. The number of benzene rings is 2. The zero-order valence-corrected chi connectivity index (χ0v) is 23.2. The number of carbonyl (C=O) groups excluding carboxylic acids is 4. The first-order valence-corrected chi connectivity index (χ1v) is 14.6. The SMILES string of the molecule is Nc1ccc(C(=O)NCCN(CCNC(=O)c2ccc(N)cc2)C(=O)CCCC[C@@H]2SC[C@@H]3NC(=O)N[C@@H]32)cc1. The van der Waals surface area contributed by atoms with E-state index in [1.54, 1.807) is 53.4 Å². The van der Waals surface area contributed by atoms with E-state index < -0.39 is 0 Å². The summed E-state index contributed by atoms with van der Waals surface area (Å²) in [6, 6.07) is 13.5. The van der Waals surface area contributed by atoms with Crippen molar-refractivity contribution in [2.75, 3.05) is 43.4 Å². The van der Waals surface area contributed by atoms with Gasteiger partial charge in [-0.2, -0.15) is 11.8 Å². The summed E-state index contributed by atoms with van der Waals surface area (Å²) in [4.78, 5) is 51.4. The van der Waals surface area contributed by atoms with Gasteiger partial charge in [-0.15, -0.1) is 0 Å². The number of amides is 5. The van der Waals surface area contributed by atoms with Crippen LogP contribution in [-0.2, 0) is 4.79 Å². The summed E-state index contributed by atoms with van der Waals surface area (Å²) in [7, 11) is 0. The van der Waals surface area contributed by atoms with Crippen molar-refractivity contribution in [1.29, 1.82) is 0 Å². The van der Waals surface area contributed by atoms with E-state index in [1.807, 2.05) is 11.8 Å². The Morgan fingerprint density at radius 2 is 1.40 bits per heavy atom. The number of unbranched alkanes of at least 4 members (excludes halogenated alkanes) is 1. The van der Waals surface area contributed by atoms with Crippen LogP contribution in [0.2, 0.25) is 0 Å². The van der Waals surface area contributed by atoms with Crippen LogP contribution >= 0.6 is 11.8 Å². The second kappa shape index (κ2) is 13.9. The van der Waals surface area contributed by atoms with E-state index in [4.69, 9.17) is 11.5 Å². The van der Waals surface area contributed by atoms with Gasteiger partial charge >= 0.3 is 6.03 Å². The molecule has 2 aliphatic rings. The van der Waals surface area contributed by atoms with Crippen molar-refractivity contribution >= 4 is 46.9 Å². The van der Waals surface area contributed by atoms with E-state index in [0.717, 1.165) is 25.0 Å². The molecule has 0 radical (unpaired) electrons. The topological polar surface area (TPSA) is 172 Å². The van der Waals surface area contributed by atoms with Crippen molar-refractivity contribution in [2.45, 2.75) is 43.0 Å². The first kappa shape index (κ1) is 29.1. The Bertz CT molecular complexity index is 1130. The number of carbonyl (C=O) groups is 4. The van der Waals surface area contributed by atoms with Gasteiger partial charge in [-0.3, -0.25) is 14.4 Å². The number of rotatable bonds is 13. The molecule has 11 nitrogen and oxygen atoms in total. The highest BCUT2D eigenvalue weighted by Crippen LogP contribution is 2.33. The zero-order chi connectivity index (χ0) is 28.5. The van der Waals surface area contributed by atoms with Crippen LogP contribution in [-0.4, -0.2) is 77.9 Å². The summed E-state index contributed by atoms with van der Waals surface area (Å²) in [5, 5.41) is 12.0. The molecular weight excluding hydrogens is 530 g/mol. The average molecular weight is 568 g/mol. The molecule has 2 fully saturated rings. The normalized spacial score (nSPS) is 19.3. The predicted molar refractivity (Wildman–Crippen MR) is 157 cm³/mol. The number of nitrogen functional groups attached to an aromatic ring is 2. The monoisotopic (exact) mass is 567 g/mol. The quantitative estimate of drug-likeness (QED) is 0.121. The Labute approximate surface area is 238 Å². The van der Waals surface area contributed by atoms with Gasteiger partial charge in [0.05, 0.1) is 12.1 Å². The Morgan fingerprint density at radius 1 is 0.850 bits per heavy atom. The molecule has 40 heavy (non-hydrogen) atoms. The summed E-state index contributed by atoms with van der Waals surface area (Å²) in [6.45, 7) is 1.18. The Balaban J connectivity index is 1.24. The van der Waals surface area contributed by atoms with Crippen LogP contribution in [0, 0.1) is 0 Å². The van der Waals surface area contributed by atoms with E-state index in [-0.39, 0.29) is 48.9 Å². The maximum absolute atomic E-state index is 13.1. The minimum atomic E-state index is -0.245. The number of urea groups is 1. The van der Waals surface area contributed by atoms with Crippen molar-refractivity contribution in [1.82, 2.24) is 26.2 Å². The molecule has 214 valence electrons. The number of nitrogens with zero attached hydrogens (tertiary/aromatic N) is 1. The third-order valence-corrected chi connectivity index (χ3v) is 8.61. The van der Waals surface area contributed by atoms with Gasteiger partial charge in [0, 0.05) is 66.1 Å². The lowest BCUT2D eigenvalue weighted by Crippen LogP contribution is -2.42. The van der Waals surface area contributed by atoms with Crippen LogP contribution in [0.3, 0.4) is 0 Å².